The van der Waals surface area contributed by atoms with Crippen LogP contribution >= 0.6 is 11.8 Å². The molecule has 1 heterocycles. The lowest BCUT2D eigenvalue weighted by molar-refractivity contribution is -0.128. The zero-order valence-electron chi connectivity index (χ0n) is 14.9. The number of rotatable bonds is 5. The van der Waals surface area contributed by atoms with Gasteiger partial charge >= 0.3 is 0 Å². The monoisotopic (exact) mass is 369 g/mol. The molecule has 26 heavy (non-hydrogen) atoms. The van der Waals surface area contributed by atoms with E-state index in [0.717, 1.165) is 36.8 Å². The summed E-state index contributed by atoms with van der Waals surface area (Å²) in [4.78, 5) is 29.0. The van der Waals surface area contributed by atoms with Crippen LogP contribution in [0.2, 0.25) is 0 Å². The second-order valence-electron chi connectivity index (χ2n) is 6.17. The highest BCUT2D eigenvalue weighted by molar-refractivity contribution is 8.00. The number of benzene rings is 2. The Morgan fingerprint density at radius 3 is 2.31 bits per heavy atom. The molecule has 0 bridgehead atoms. The van der Waals surface area contributed by atoms with Crippen molar-refractivity contribution in [2.45, 2.75) is 11.8 Å². The summed E-state index contributed by atoms with van der Waals surface area (Å²) in [5.74, 6) is 0.406. The van der Waals surface area contributed by atoms with Crippen LogP contribution in [-0.2, 0) is 9.59 Å². The SMILES string of the molecule is CC(=O)Nc1ccccc1SCC(=O)N1CCN(c2ccccc2)CC1. The van der Waals surface area contributed by atoms with E-state index in [1.54, 1.807) is 0 Å². The molecule has 1 aliphatic heterocycles. The van der Waals surface area contributed by atoms with Crippen molar-refractivity contribution in [3.05, 3.63) is 54.6 Å². The lowest BCUT2D eigenvalue weighted by Gasteiger charge is -2.36. The highest BCUT2D eigenvalue weighted by atomic mass is 32.2. The number of piperazine rings is 1. The summed E-state index contributed by atoms with van der Waals surface area (Å²) in [6.45, 7) is 4.66. The van der Waals surface area contributed by atoms with Crippen LogP contribution in [0.5, 0.6) is 0 Å². The van der Waals surface area contributed by atoms with Gasteiger partial charge in [0.1, 0.15) is 0 Å². The average molecular weight is 369 g/mol. The molecular weight excluding hydrogens is 346 g/mol. The van der Waals surface area contributed by atoms with E-state index in [2.05, 4.69) is 22.3 Å². The van der Waals surface area contributed by atoms with Crippen LogP contribution in [0.3, 0.4) is 0 Å². The van der Waals surface area contributed by atoms with Crippen LogP contribution in [0.1, 0.15) is 6.92 Å². The molecule has 1 saturated heterocycles. The predicted molar refractivity (Wildman–Crippen MR) is 107 cm³/mol. The van der Waals surface area contributed by atoms with Crippen LogP contribution in [0, 0.1) is 0 Å². The minimum absolute atomic E-state index is 0.110. The Bertz CT molecular complexity index is 759. The number of anilines is 2. The number of para-hydroxylation sites is 2. The Balaban J connectivity index is 1.52. The van der Waals surface area contributed by atoms with Crippen molar-refractivity contribution in [2.24, 2.45) is 0 Å². The smallest absolute Gasteiger partial charge is 0.233 e. The third kappa shape index (κ3) is 4.79. The Hall–Kier alpha value is -2.47. The Labute approximate surface area is 158 Å². The molecule has 0 aromatic heterocycles. The van der Waals surface area contributed by atoms with Gasteiger partial charge in [-0.3, -0.25) is 9.59 Å². The molecule has 1 aliphatic rings. The number of carbonyl (C=O) groups is 2. The topological polar surface area (TPSA) is 52.7 Å². The second-order valence-corrected chi connectivity index (χ2v) is 7.19. The maximum atomic E-state index is 12.5. The first-order valence-corrected chi connectivity index (χ1v) is 9.69. The first-order valence-electron chi connectivity index (χ1n) is 8.70. The number of nitrogens with zero attached hydrogens (tertiary/aromatic N) is 2. The Morgan fingerprint density at radius 1 is 0.962 bits per heavy atom. The predicted octanol–water partition coefficient (Wildman–Crippen LogP) is 3.09. The van der Waals surface area contributed by atoms with Crippen molar-refractivity contribution in [1.29, 1.82) is 0 Å². The van der Waals surface area contributed by atoms with Crippen molar-refractivity contribution >= 4 is 35.0 Å². The third-order valence-corrected chi connectivity index (χ3v) is 5.36. The maximum Gasteiger partial charge on any atom is 0.233 e. The quantitative estimate of drug-likeness (QED) is 0.823. The minimum atomic E-state index is -0.110. The van der Waals surface area contributed by atoms with E-state index in [9.17, 15) is 9.59 Å². The van der Waals surface area contributed by atoms with Gasteiger partial charge in [-0.15, -0.1) is 11.8 Å². The molecular formula is C20H23N3O2S. The van der Waals surface area contributed by atoms with Gasteiger partial charge in [-0.25, -0.2) is 0 Å². The lowest BCUT2D eigenvalue weighted by Crippen LogP contribution is -2.49. The van der Waals surface area contributed by atoms with Crippen LogP contribution in [0.15, 0.2) is 59.5 Å². The maximum absolute atomic E-state index is 12.5. The Kier molecular flexibility index (Phi) is 6.17. The summed E-state index contributed by atoms with van der Waals surface area (Å²) in [5.41, 5.74) is 1.96. The summed E-state index contributed by atoms with van der Waals surface area (Å²) < 4.78 is 0. The van der Waals surface area contributed by atoms with E-state index in [1.165, 1.54) is 24.4 Å². The minimum Gasteiger partial charge on any atom is -0.368 e. The zero-order valence-corrected chi connectivity index (χ0v) is 15.7. The number of thioether (sulfide) groups is 1. The van der Waals surface area contributed by atoms with Gasteiger partial charge in [0.15, 0.2) is 0 Å². The summed E-state index contributed by atoms with van der Waals surface area (Å²) >= 11 is 1.47. The molecule has 5 nitrogen and oxygen atoms in total. The second kappa shape index (κ2) is 8.76. The van der Waals surface area contributed by atoms with Gasteiger partial charge in [0.2, 0.25) is 11.8 Å². The van der Waals surface area contributed by atoms with Gasteiger partial charge in [0.25, 0.3) is 0 Å². The van der Waals surface area contributed by atoms with Crippen molar-refractivity contribution in [3.8, 4) is 0 Å². The van der Waals surface area contributed by atoms with E-state index >= 15 is 0 Å². The fraction of sp³-hybridized carbons (Fsp3) is 0.300. The summed E-state index contributed by atoms with van der Waals surface area (Å²) in [6.07, 6.45) is 0. The van der Waals surface area contributed by atoms with Crippen LogP contribution in [0.25, 0.3) is 0 Å². The van der Waals surface area contributed by atoms with E-state index in [1.807, 2.05) is 47.4 Å². The van der Waals surface area contributed by atoms with E-state index < -0.39 is 0 Å². The highest BCUT2D eigenvalue weighted by Crippen LogP contribution is 2.27. The van der Waals surface area contributed by atoms with Crippen molar-refractivity contribution < 1.29 is 9.59 Å². The average Bonchev–Trinajstić information content (AvgIpc) is 2.67. The largest absolute Gasteiger partial charge is 0.368 e. The van der Waals surface area contributed by atoms with Crippen LogP contribution in [-0.4, -0.2) is 48.6 Å². The van der Waals surface area contributed by atoms with Crippen molar-refractivity contribution in [3.63, 3.8) is 0 Å². The normalized spacial score (nSPS) is 14.2. The molecule has 3 rings (SSSR count). The number of nitrogens with one attached hydrogen (secondary N) is 1. The van der Waals surface area contributed by atoms with Crippen LogP contribution in [0.4, 0.5) is 11.4 Å². The van der Waals surface area contributed by atoms with E-state index in [-0.39, 0.29) is 11.8 Å². The summed E-state index contributed by atoms with van der Waals surface area (Å²) in [7, 11) is 0. The van der Waals surface area contributed by atoms with Crippen molar-refractivity contribution in [2.75, 3.05) is 42.1 Å². The number of amides is 2. The van der Waals surface area contributed by atoms with E-state index in [0.29, 0.717) is 5.75 Å². The van der Waals surface area contributed by atoms with Gasteiger partial charge < -0.3 is 15.1 Å². The number of hydrogen-bond donors (Lipinski definition) is 1. The molecule has 6 heteroatoms. The zero-order chi connectivity index (χ0) is 18.4. The number of hydrogen-bond acceptors (Lipinski definition) is 4. The van der Waals surface area contributed by atoms with E-state index in [4.69, 9.17) is 0 Å². The fourth-order valence-electron chi connectivity index (χ4n) is 2.97. The van der Waals surface area contributed by atoms with Crippen molar-refractivity contribution in [1.82, 2.24) is 4.90 Å². The first-order chi connectivity index (χ1) is 12.6. The summed E-state index contributed by atoms with van der Waals surface area (Å²) in [6, 6.07) is 17.9. The molecule has 2 aromatic rings. The lowest BCUT2D eigenvalue weighted by atomic mass is 10.2. The number of carbonyl (C=O) groups excluding carboxylic acids is 2. The Morgan fingerprint density at radius 2 is 1.62 bits per heavy atom. The van der Waals surface area contributed by atoms with Gasteiger partial charge in [-0.05, 0) is 24.3 Å². The molecule has 0 atom stereocenters. The molecule has 2 aromatic carbocycles. The van der Waals surface area contributed by atoms with Gasteiger partial charge in [-0.2, -0.15) is 0 Å². The first kappa shape index (κ1) is 18.3. The molecule has 136 valence electrons. The van der Waals surface area contributed by atoms with Crippen LogP contribution < -0.4 is 10.2 Å². The van der Waals surface area contributed by atoms with Gasteiger partial charge in [0, 0.05) is 43.7 Å². The highest BCUT2D eigenvalue weighted by Gasteiger charge is 2.21. The fourth-order valence-corrected chi connectivity index (χ4v) is 3.88. The molecule has 1 N–H and O–H groups in total. The third-order valence-electron chi connectivity index (χ3n) is 4.30. The van der Waals surface area contributed by atoms with Gasteiger partial charge in [-0.1, -0.05) is 30.3 Å². The molecule has 0 saturated carbocycles. The molecule has 0 radical (unpaired) electrons. The molecule has 0 spiro atoms. The summed E-state index contributed by atoms with van der Waals surface area (Å²) in [5, 5.41) is 2.81. The van der Waals surface area contributed by atoms with Gasteiger partial charge in [0.05, 0.1) is 11.4 Å². The molecule has 0 unspecified atom stereocenters. The molecule has 1 fully saturated rings. The standard InChI is InChI=1S/C20H23N3O2S/c1-16(24)21-18-9-5-6-10-19(18)26-15-20(25)23-13-11-22(12-14-23)17-7-3-2-4-8-17/h2-10H,11-15H2,1H3,(H,21,24). The molecule has 0 aliphatic carbocycles. The molecule has 2 amide bonds.